The van der Waals surface area contributed by atoms with Gasteiger partial charge in [0, 0.05) is 11.6 Å². The van der Waals surface area contributed by atoms with Crippen LogP contribution in [0.1, 0.15) is 37.4 Å². The Hall–Kier alpha value is -1.67. The van der Waals surface area contributed by atoms with E-state index in [9.17, 15) is 5.11 Å². The van der Waals surface area contributed by atoms with Crippen LogP contribution in [-0.2, 0) is 0 Å². The lowest BCUT2D eigenvalue weighted by Gasteiger charge is -2.48. The maximum absolute atomic E-state index is 11.1. The first kappa shape index (κ1) is 14.0. The molecule has 2 heteroatoms. The van der Waals surface area contributed by atoms with Crippen LogP contribution in [0.2, 0.25) is 0 Å². The van der Waals surface area contributed by atoms with Crippen molar-refractivity contribution in [1.82, 2.24) is 4.98 Å². The largest absolute Gasteiger partial charge is 0.388 e. The van der Waals surface area contributed by atoms with Gasteiger partial charge in [-0.3, -0.25) is 4.98 Å². The third-order valence-corrected chi connectivity index (χ3v) is 5.98. The molecule has 2 bridgehead atoms. The van der Waals surface area contributed by atoms with Crippen molar-refractivity contribution < 1.29 is 5.11 Å². The van der Waals surface area contributed by atoms with E-state index < -0.39 is 0 Å². The zero-order valence-corrected chi connectivity index (χ0v) is 12.9. The van der Waals surface area contributed by atoms with E-state index in [1.165, 1.54) is 19.3 Å². The molecule has 5 atom stereocenters. The average molecular weight is 293 g/mol. The molecule has 5 rings (SSSR count). The van der Waals surface area contributed by atoms with E-state index >= 15 is 0 Å². The quantitative estimate of drug-likeness (QED) is 0.845. The van der Waals surface area contributed by atoms with E-state index in [1.54, 1.807) is 0 Å². The fraction of sp³-hybridized carbons (Fsp3) is 0.450. The highest BCUT2D eigenvalue weighted by Gasteiger charge is 2.43. The highest BCUT2D eigenvalue weighted by Crippen LogP contribution is 2.52. The molecule has 1 aromatic heterocycles. The van der Waals surface area contributed by atoms with Crippen molar-refractivity contribution in [2.75, 3.05) is 0 Å². The van der Waals surface area contributed by atoms with Gasteiger partial charge in [-0.15, -0.1) is 6.58 Å². The fourth-order valence-electron chi connectivity index (χ4n) is 4.81. The summed E-state index contributed by atoms with van der Waals surface area (Å²) in [7, 11) is 0. The van der Waals surface area contributed by atoms with Crippen molar-refractivity contribution in [3.05, 3.63) is 54.7 Å². The van der Waals surface area contributed by atoms with Crippen LogP contribution >= 0.6 is 0 Å². The van der Waals surface area contributed by atoms with Gasteiger partial charge < -0.3 is 5.11 Å². The molecule has 1 heterocycles. The summed E-state index contributed by atoms with van der Waals surface area (Å²) in [5.74, 6) is 2.40. The smallest absolute Gasteiger partial charge is 0.0828 e. The second-order valence-corrected chi connectivity index (χ2v) is 6.99. The highest BCUT2D eigenvalue weighted by molar-refractivity contribution is 5.82. The number of allylic oxidation sites excluding steroid dienone is 1. The molecular weight excluding hydrogens is 270 g/mol. The summed E-state index contributed by atoms with van der Waals surface area (Å²) in [4.78, 5) is 4.42. The molecule has 0 saturated heterocycles. The Bertz CT molecular complexity index is 690. The number of hydrogen-bond acceptors (Lipinski definition) is 2. The van der Waals surface area contributed by atoms with Crippen molar-refractivity contribution >= 4 is 10.9 Å². The van der Waals surface area contributed by atoms with Crippen LogP contribution in [-0.4, -0.2) is 10.1 Å². The molecule has 3 aliphatic carbocycles. The Morgan fingerprint density at radius 3 is 2.73 bits per heavy atom. The second kappa shape index (κ2) is 5.51. The standard InChI is InChI=1S/C20H23NO/c1-2-13-11-15-8-7-14(13)12-18(15)20(22)17-9-10-21-19-6-4-3-5-16(17)19/h2-6,9-10,13-15,18,20,22H,1,7-8,11-12H2/t13-,14+,15-,18+,20-/m1/s1. The number of pyridine rings is 1. The predicted octanol–water partition coefficient (Wildman–Crippen LogP) is 4.51. The molecular formula is C20H23NO. The number of rotatable bonds is 3. The van der Waals surface area contributed by atoms with E-state index in [0.29, 0.717) is 17.8 Å². The summed E-state index contributed by atoms with van der Waals surface area (Å²) in [5, 5.41) is 12.2. The molecule has 3 fully saturated rings. The Morgan fingerprint density at radius 2 is 1.95 bits per heavy atom. The number of fused-ring (bicyclic) bond motifs is 4. The molecule has 2 nitrogen and oxygen atoms in total. The molecule has 0 amide bonds. The number of aromatic nitrogens is 1. The summed E-state index contributed by atoms with van der Waals surface area (Å²) in [6, 6.07) is 10.1. The van der Waals surface area contributed by atoms with Crippen molar-refractivity contribution in [2.45, 2.75) is 31.8 Å². The van der Waals surface area contributed by atoms with Crippen molar-refractivity contribution in [1.29, 1.82) is 0 Å². The third kappa shape index (κ3) is 2.17. The van der Waals surface area contributed by atoms with Crippen LogP contribution in [0, 0.1) is 23.7 Å². The first-order chi connectivity index (χ1) is 10.8. The van der Waals surface area contributed by atoms with Gasteiger partial charge in [-0.2, -0.15) is 0 Å². The average Bonchev–Trinajstić information content (AvgIpc) is 2.60. The number of aliphatic hydroxyl groups excluding tert-OH is 1. The zero-order valence-electron chi connectivity index (χ0n) is 12.9. The Kier molecular flexibility index (Phi) is 3.50. The van der Waals surface area contributed by atoms with Gasteiger partial charge in [0.2, 0.25) is 0 Å². The lowest BCUT2D eigenvalue weighted by molar-refractivity contribution is -0.0217. The Labute approximate surface area is 131 Å². The number of hydrogen-bond donors (Lipinski definition) is 1. The molecule has 0 aliphatic heterocycles. The molecule has 0 radical (unpaired) electrons. The van der Waals surface area contributed by atoms with Crippen molar-refractivity contribution in [3.8, 4) is 0 Å². The lowest BCUT2D eigenvalue weighted by Crippen LogP contribution is -2.39. The summed E-state index contributed by atoms with van der Waals surface area (Å²) in [6.07, 6.45) is 8.52. The molecule has 3 aliphatic rings. The van der Waals surface area contributed by atoms with Gasteiger partial charge in [-0.25, -0.2) is 0 Å². The van der Waals surface area contributed by atoms with Crippen LogP contribution in [0.25, 0.3) is 10.9 Å². The summed E-state index contributed by atoms with van der Waals surface area (Å²) >= 11 is 0. The van der Waals surface area contributed by atoms with E-state index in [4.69, 9.17) is 0 Å². The molecule has 0 unspecified atom stereocenters. The van der Waals surface area contributed by atoms with Crippen molar-refractivity contribution in [2.24, 2.45) is 23.7 Å². The Morgan fingerprint density at radius 1 is 1.14 bits per heavy atom. The Balaban J connectivity index is 1.67. The minimum absolute atomic E-state index is 0.369. The van der Waals surface area contributed by atoms with Crippen LogP contribution in [0.3, 0.4) is 0 Å². The number of nitrogens with zero attached hydrogens (tertiary/aromatic N) is 1. The first-order valence-electron chi connectivity index (χ1n) is 8.42. The molecule has 1 aromatic carbocycles. The molecule has 3 saturated carbocycles. The van der Waals surface area contributed by atoms with Gasteiger partial charge in [0.15, 0.2) is 0 Å². The number of benzene rings is 1. The maximum Gasteiger partial charge on any atom is 0.0828 e. The summed E-state index contributed by atoms with van der Waals surface area (Å²) in [5.41, 5.74) is 2.03. The van der Waals surface area contributed by atoms with Crippen LogP contribution in [0.4, 0.5) is 0 Å². The highest BCUT2D eigenvalue weighted by atomic mass is 16.3. The summed E-state index contributed by atoms with van der Waals surface area (Å²) in [6.45, 7) is 4.00. The van der Waals surface area contributed by atoms with Gasteiger partial charge >= 0.3 is 0 Å². The van der Waals surface area contributed by atoms with Crippen LogP contribution in [0.15, 0.2) is 49.2 Å². The third-order valence-electron chi connectivity index (χ3n) is 5.98. The summed E-state index contributed by atoms with van der Waals surface area (Å²) < 4.78 is 0. The van der Waals surface area contributed by atoms with E-state index in [0.717, 1.165) is 28.8 Å². The minimum Gasteiger partial charge on any atom is -0.388 e. The SMILES string of the molecule is C=C[C@@H]1C[C@H]2CC[C@H]1C[C@@H]2[C@H](O)c1ccnc2ccccc12. The van der Waals surface area contributed by atoms with Gasteiger partial charge in [0.25, 0.3) is 0 Å². The van der Waals surface area contributed by atoms with Crippen LogP contribution in [0.5, 0.6) is 0 Å². The van der Waals surface area contributed by atoms with Gasteiger partial charge in [0.1, 0.15) is 0 Å². The molecule has 22 heavy (non-hydrogen) atoms. The van der Waals surface area contributed by atoms with E-state index in [2.05, 4.69) is 23.7 Å². The molecule has 2 aromatic rings. The number of aliphatic hydroxyl groups is 1. The van der Waals surface area contributed by atoms with E-state index in [-0.39, 0.29) is 6.10 Å². The normalized spacial score (nSPS) is 32.0. The van der Waals surface area contributed by atoms with Gasteiger partial charge in [-0.05, 0) is 67.1 Å². The minimum atomic E-state index is -0.369. The van der Waals surface area contributed by atoms with Crippen LogP contribution < -0.4 is 0 Å². The topological polar surface area (TPSA) is 33.1 Å². The predicted molar refractivity (Wildman–Crippen MR) is 89.3 cm³/mol. The van der Waals surface area contributed by atoms with Crippen molar-refractivity contribution in [3.63, 3.8) is 0 Å². The maximum atomic E-state index is 11.1. The van der Waals surface area contributed by atoms with Gasteiger partial charge in [0.05, 0.1) is 11.6 Å². The zero-order chi connectivity index (χ0) is 15.1. The molecule has 114 valence electrons. The number of para-hydroxylation sites is 1. The monoisotopic (exact) mass is 293 g/mol. The molecule has 0 spiro atoms. The fourth-order valence-corrected chi connectivity index (χ4v) is 4.81. The van der Waals surface area contributed by atoms with E-state index in [1.807, 2.05) is 30.5 Å². The second-order valence-electron chi connectivity index (χ2n) is 6.99. The first-order valence-corrected chi connectivity index (χ1v) is 8.42. The van der Waals surface area contributed by atoms with Gasteiger partial charge in [-0.1, -0.05) is 24.3 Å². The molecule has 1 N–H and O–H groups in total. The lowest BCUT2D eigenvalue weighted by atomic mass is 9.58.